The number of anilines is 1. The average Bonchev–Trinajstić information content (AvgIpc) is 2.87. The summed E-state index contributed by atoms with van der Waals surface area (Å²) in [4.78, 5) is 29.9. The van der Waals surface area contributed by atoms with Crippen molar-refractivity contribution in [2.75, 3.05) is 18.1 Å². The van der Waals surface area contributed by atoms with Crippen molar-refractivity contribution in [2.24, 2.45) is 0 Å². The first-order chi connectivity index (χ1) is 19.1. The van der Waals surface area contributed by atoms with E-state index in [0.717, 1.165) is 23.4 Å². The van der Waals surface area contributed by atoms with Crippen molar-refractivity contribution in [1.29, 1.82) is 0 Å². The lowest BCUT2D eigenvalue weighted by Crippen LogP contribution is -2.59. The summed E-state index contributed by atoms with van der Waals surface area (Å²) in [5.41, 5.74) is -1.27. The number of carbonyl (C=O) groups is 2. The molecule has 1 aliphatic heterocycles. The molecule has 2 fully saturated rings. The van der Waals surface area contributed by atoms with Crippen LogP contribution in [0.15, 0.2) is 47.6 Å². The Morgan fingerprint density at radius 3 is 2.21 bits per heavy atom. The first-order valence-electron chi connectivity index (χ1n) is 13.0. The van der Waals surface area contributed by atoms with Gasteiger partial charge in [-0.15, -0.1) is 0 Å². The molecule has 1 saturated heterocycles. The van der Waals surface area contributed by atoms with Crippen LogP contribution >= 0.6 is 10.2 Å². The van der Waals surface area contributed by atoms with E-state index in [1.807, 2.05) is 0 Å². The minimum absolute atomic E-state index is 0.0904. The smallest absolute Gasteiger partial charge is 0.310 e. The Morgan fingerprint density at radius 2 is 1.69 bits per heavy atom. The van der Waals surface area contributed by atoms with Gasteiger partial charge in [-0.05, 0) is 57.0 Å². The maximum atomic E-state index is 14.3. The van der Waals surface area contributed by atoms with E-state index in [9.17, 15) is 42.2 Å². The Labute approximate surface area is 236 Å². The van der Waals surface area contributed by atoms with Gasteiger partial charge in [0.15, 0.2) is 0 Å². The maximum absolute atomic E-state index is 14.3. The van der Waals surface area contributed by atoms with Gasteiger partial charge in [0.2, 0.25) is 17.7 Å². The van der Waals surface area contributed by atoms with Crippen LogP contribution in [-0.4, -0.2) is 53.6 Å². The Kier molecular flexibility index (Phi) is 7.86. The number of pyridine rings is 1. The molecule has 234 valence electrons. The van der Waals surface area contributed by atoms with Gasteiger partial charge in [-0.25, -0.2) is 13.2 Å². The standard InChI is InChI=1S/C26H30F8N4O3S/c1-25(2)15-36-21(14-41-25)24(40)38(19-3-5-20(6-4-19)42(30,31,32,33)34)22(16-11-17(27)13-35-12-16)23(39)37-18-7-9-26(28,29)10-8-18/h3-6,11-13,18,21-22,36H,7-10,14-15H2,1-2H3,(H,37,39). The normalized spacial score (nSPS) is 23.2. The number of nitrogens with zero attached hydrogens (tertiary/aromatic N) is 2. The molecule has 42 heavy (non-hydrogen) atoms. The van der Waals surface area contributed by atoms with Crippen molar-refractivity contribution < 1.29 is 46.9 Å². The number of halogens is 8. The number of hydrogen-bond donors (Lipinski definition) is 2. The molecule has 2 aromatic rings. The van der Waals surface area contributed by atoms with E-state index < -0.39 is 80.9 Å². The van der Waals surface area contributed by atoms with Crippen LogP contribution in [0.4, 0.5) is 38.3 Å². The van der Waals surface area contributed by atoms with Crippen LogP contribution in [0, 0.1) is 5.82 Å². The van der Waals surface area contributed by atoms with Crippen molar-refractivity contribution >= 4 is 27.7 Å². The molecule has 0 spiro atoms. The first kappa shape index (κ1) is 31.9. The molecule has 1 aliphatic carbocycles. The molecule has 1 saturated carbocycles. The Bertz CT molecular complexity index is 1320. The van der Waals surface area contributed by atoms with E-state index >= 15 is 0 Å². The molecule has 2 amide bonds. The predicted octanol–water partition coefficient (Wildman–Crippen LogP) is 6.41. The van der Waals surface area contributed by atoms with Gasteiger partial charge in [-0.2, -0.15) is 0 Å². The Morgan fingerprint density at radius 1 is 1.07 bits per heavy atom. The second kappa shape index (κ2) is 10.3. The third-order valence-corrected chi connectivity index (χ3v) is 8.29. The lowest BCUT2D eigenvalue weighted by atomic mass is 9.91. The Balaban J connectivity index is 1.78. The van der Waals surface area contributed by atoms with E-state index in [0.29, 0.717) is 12.1 Å². The summed E-state index contributed by atoms with van der Waals surface area (Å²) in [7, 11) is -10.1. The minimum atomic E-state index is -10.1. The molecule has 1 aromatic carbocycles. The van der Waals surface area contributed by atoms with E-state index in [1.54, 1.807) is 13.8 Å². The number of rotatable bonds is 7. The number of nitrogens with one attached hydrogen (secondary N) is 2. The van der Waals surface area contributed by atoms with Crippen molar-refractivity contribution in [3.8, 4) is 0 Å². The van der Waals surface area contributed by atoms with E-state index in [4.69, 9.17) is 4.74 Å². The fourth-order valence-corrected chi connectivity index (χ4v) is 5.49. The van der Waals surface area contributed by atoms with Crippen LogP contribution in [0.25, 0.3) is 0 Å². The van der Waals surface area contributed by atoms with E-state index in [1.165, 1.54) is 0 Å². The number of carbonyl (C=O) groups excluding carboxylic acids is 2. The fraction of sp³-hybridized carbons (Fsp3) is 0.500. The van der Waals surface area contributed by atoms with Gasteiger partial charge in [-0.3, -0.25) is 19.5 Å². The number of amides is 2. The first-order valence-corrected chi connectivity index (χ1v) is 14.9. The van der Waals surface area contributed by atoms with Gasteiger partial charge in [-0.1, -0.05) is 19.4 Å². The van der Waals surface area contributed by atoms with Crippen LogP contribution in [0.1, 0.15) is 51.1 Å². The van der Waals surface area contributed by atoms with Crippen molar-refractivity contribution in [3.63, 3.8) is 0 Å². The van der Waals surface area contributed by atoms with Gasteiger partial charge < -0.3 is 15.4 Å². The fourth-order valence-electron chi connectivity index (χ4n) is 4.84. The molecule has 2 aliphatic rings. The minimum Gasteiger partial charge on any atom is -0.372 e. The highest BCUT2D eigenvalue weighted by Gasteiger charge is 2.65. The van der Waals surface area contributed by atoms with E-state index in [2.05, 4.69) is 15.6 Å². The lowest BCUT2D eigenvalue weighted by Gasteiger charge is -2.41. The molecule has 2 atom stereocenters. The van der Waals surface area contributed by atoms with Crippen molar-refractivity contribution in [1.82, 2.24) is 15.6 Å². The number of benzene rings is 1. The summed E-state index contributed by atoms with van der Waals surface area (Å²) >= 11 is 0. The topological polar surface area (TPSA) is 83.6 Å². The van der Waals surface area contributed by atoms with Crippen LogP contribution < -0.4 is 15.5 Å². The SMILES string of the molecule is CC1(C)CNC(C(=O)N(c2ccc(S(F)(F)(F)(F)F)cc2)C(C(=O)NC2CCC(F)(F)CC2)c2cncc(F)c2)CO1. The Hall–Kier alpha value is -2.98. The molecule has 1 aromatic heterocycles. The highest BCUT2D eigenvalue weighted by atomic mass is 32.5. The molecule has 0 bridgehead atoms. The summed E-state index contributed by atoms with van der Waals surface area (Å²) in [5.74, 6) is -5.68. The second-order valence-corrected chi connectivity index (χ2v) is 13.6. The number of hydrogen-bond acceptors (Lipinski definition) is 5. The summed E-state index contributed by atoms with van der Waals surface area (Å²) in [6.45, 7) is 3.41. The summed E-state index contributed by atoms with van der Waals surface area (Å²) in [6, 6.07) is -1.39. The predicted molar refractivity (Wildman–Crippen MR) is 139 cm³/mol. The zero-order valence-corrected chi connectivity index (χ0v) is 23.4. The molecular weight excluding hydrogens is 600 g/mol. The largest absolute Gasteiger partial charge is 0.372 e. The number of ether oxygens (including phenoxy) is 1. The van der Waals surface area contributed by atoms with Gasteiger partial charge in [0.25, 0.3) is 0 Å². The van der Waals surface area contributed by atoms with Crippen LogP contribution in [0.2, 0.25) is 0 Å². The number of morpholine rings is 1. The molecular formula is C26H30F8N4O3S. The van der Waals surface area contributed by atoms with E-state index in [-0.39, 0.29) is 43.7 Å². The molecule has 4 rings (SSSR count). The van der Waals surface area contributed by atoms with Gasteiger partial charge in [0.05, 0.1) is 18.4 Å². The monoisotopic (exact) mass is 630 g/mol. The lowest BCUT2D eigenvalue weighted by molar-refractivity contribution is -0.132. The quantitative estimate of drug-likeness (QED) is 0.346. The van der Waals surface area contributed by atoms with Gasteiger partial charge in [0.1, 0.15) is 22.8 Å². The van der Waals surface area contributed by atoms with Crippen LogP contribution in [-0.2, 0) is 14.3 Å². The zero-order chi connectivity index (χ0) is 31.2. The molecule has 2 heterocycles. The number of alkyl halides is 2. The third kappa shape index (κ3) is 7.69. The molecule has 7 nitrogen and oxygen atoms in total. The molecule has 2 N–H and O–H groups in total. The summed E-state index contributed by atoms with van der Waals surface area (Å²) < 4.78 is 115. The average molecular weight is 631 g/mol. The van der Waals surface area contributed by atoms with Gasteiger partial charge >= 0.3 is 10.2 Å². The molecule has 0 radical (unpaired) electrons. The number of aromatic nitrogens is 1. The van der Waals surface area contributed by atoms with Crippen molar-refractivity contribution in [3.05, 3.63) is 54.1 Å². The highest BCUT2D eigenvalue weighted by Crippen LogP contribution is 3.02. The summed E-state index contributed by atoms with van der Waals surface area (Å²) in [5, 5.41) is 5.52. The highest BCUT2D eigenvalue weighted by molar-refractivity contribution is 8.45. The maximum Gasteiger partial charge on any atom is 0.310 e. The van der Waals surface area contributed by atoms with Crippen molar-refractivity contribution in [2.45, 2.75) is 74.1 Å². The van der Waals surface area contributed by atoms with Gasteiger partial charge in [0, 0.05) is 42.9 Å². The molecule has 2 unspecified atom stereocenters. The second-order valence-electron chi connectivity index (χ2n) is 11.2. The van der Waals surface area contributed by atoms with Crippen LogP contribution in [0.3, 0.4) is 0 Å². The summed E-state index contributed by atoms with van der Waals surface area (Å²) in [6.07, 6.45) is 0.637. The third-order valence-electron chi connectivity index (χ3n) is 7.12. The zero-order valence-electron chi connectivity index (χ0n) is 22.6. The van der Waals surface area contributed by atoms with Crippen LogP contribution in [0.5, 0.6) is 0 Å². The molecule has 16 heteroatoms.